The van der Waals surface area contributed by atoms with Gasteiger partial charge in [0.15, 0.2) is 5.78 Å². The van der Waals surface area contributed by atoms with Crippen molar-refractivity contribution in [3.63, 3.8) is 0 Å². The lowest BCUT2D eigenvalue weighted by atomic mass is 9.93. The van der Waals surface area contributed by atoms with Crippen LogP contribution in [0.3, 0.4) is 0 Å². The molecule has 0 bridgehead atoms. The van der Waals surface area contributed by atoms with Crippen LogP contribution in [0.4, 0.5) is 4.39 Å². The van der Waals surface area contributed by atoms with Gasteiger partial charge in [0, 0.05) is 5.56 Å². The molecule has 0 fully saturated rings. The number of hydrogen-bond acceptors (Lipinski definition) is 3. The Labute approximate surface area is 106 Å². The molecule has 0 aliphatic heterocycles. The van der Waals surface area contributed by atoms with Crippen molar-refractivity contribution >= 4 is 11.8 Å². The maximum atomic E-state index is 12.8. The normalized spacial score (nSPS) is 11.9. The van der Waals surface area contributed by atoms with E-state index in [1.165, 1.54) is 24.3 Å². The molecule has 1 rings (SSSR count). The molecule has 0 radical (unpaired) electrons. The third-order valence-electron chi connectivity index (χ3n) is 2.59. The summed E-state index contributed by atoms with van der Waals surface area (Å²) in [6, 6.07) is 5.20. The number of ketones is 1. The molecule has 4 heteroatoms. The smallest absolute Gasteiger partial charge is 0.316 e. The molecule has 0 saturated carbocycles. The summed E-state index contributed by atoms with van der Waals surface area (Å²) < 4.78 is 17.7. The molecule has 3 nitrogen and oxygen atoms in total. The van der Waals surface area contributed by atoms with Gasteiger partial charge in [-0.15, -0.1) is 0 Å². The van der Waals surface area contributed by atoms with Crippen molar-refractivity contribution in [2.75, 3.05) is 6.61 Å². The zero-order valence-corrected chi connectivity index (χ0v) is 10.6. The van der Waals surface area contributed by atoms with E-state index in [0.29, 0.717) is 18.4 Å². The Morgan fingerprint density at radius 2 is 1.83 bits per heavy atom. The molecule has 0 aromatic heterocycles. The van der Waals surface area contributed by atoms with Gasteiger partial charge in [-0.1, -0.05) is 13.3 Å². The van der Waals surface area contributed by atoms with Crippen LogP contribution in [0.1, 0.15) is 37.0 Å². The van der Waals surface area contributed by atoms with Gasteiger partial charge in [-0.25, -0.2) is 4.39 Å². The minimum atomic E-state index is -0.791. The van der Waals surface area contributed by atoms with E-state index in [-0.39, 0.29) is 12.4 Å². The summed E-state index contributed by atoms with van der Waals surface area (Å²) in [4.78, 5) is 23.8. The van der Waals surface area contributed by atoms with Gasteiger partial charge >= 0.3 is 5.97 Å². The SMILES string of the molecule is CCCC(C(=O)OCC)C(=O)c1ccc(F)cc1. The molecule has 0 spiro atoms. The first-order valence-electron chi connectivity index (χ1n) is 6.06. The molecule has 0 aliphatic rings. The van der Waals surface area contributed by atoms with Gasteiger partial charge in [0.05, 0.1) is 6.61 Å². The number of carbonyl (C=O) groups excluding carboxylic acids is 2. The van der Waals surface area contributed by atoms with Crippen LogP contribution in [0.15, 0.2) is 24.3 Å². The van der Waals surface area contributed by atoms with Crippen molar-refractivity contribution < 1.29 is 18.7 Å². The average molecular weight is 252 g/mol. The quantitative estimate of drug-likeness (QED) is 0.444. The second-order valence-corrected chi connectivity index (χ2v) is 3.96. The molecule has 0 N–H and O–H groups in total. The van der Waals surface area contributed by atoms with E-state index in [1.54, 1.807) is 6.92 Å². The summed E-state index contributed by atoms with van der Waals surface area (Å²) in [5.41, 5.74) is 0.336. The van der Waals surface area contributed by atoms with E-state index in [2.05, 4.69) is 0 Å². The number of rotatable bonds is 6. The molecule has 0 saturated heterocycles. The highest BCUT2D eigenvalue weighted by atomic mass is 19.1. The van der Waals surface area contributed by atoms with Crippen LogP contribution in [0, 0.1) is 11.7 Å². The predicted molar refractivity (Wildman–Crippen MR) is 65.8 cm³/mol. The van der Waals surface area contributed by atoms with E-state index in [1.807, 2.05) is 6.92 Å². The molecular weight excluding hydrogens is 235 g/mol. The highest BCUT2D eigenvalue weighted by Gasteiger charge is 2.27. The Kier molecular flexibility index (Phi) is 5.49. The summed E-state index contributed by atoms with van der Waals surface area (Å²) in [5, 5.41) is 0. The molecule has 0 amide bonds. The van der Waals surface area contributed by atoms with Crippen LogP contribution in [-0.4, -0.2) is 18.4 Å². The molecule has 18 heavy (non-hydrogen) atoms. The van der Waals surface area contributed by atoms with E-state index in [4.69, 9.17) is 4.74 Å². The highest BCUT2D eigenvalue weighted by molar-refractivity contribution is 6.08. The molecule has 0 aliphatic carbocycles. The largest absolute Gasteiger partial charge is 0.465 e. The van der Waals surface area contributed by atoms with Gasteiger partial charge in [-0.3, -0.25) is 9.59 Å². The second kappa shape index (κ2) is 6.89. The van der Waals surface area contributed by atoms with E-state index >= 15 is 0 Å². The first kappa shape index (κ1) is 14.4. The maximum absolute atomic E-state index is 12.8. The van der Waals surface area contributed by atoms with Gasteiger partial charge < -0.3 is 4.74 Å². The summed E-state index contributed by atoms with van der Waals surface area (Å²) in [6.07, 6.45) is 1.14. The number of carbonyl (C=O) groups is 2. The Hall–Kier alpha value is -1.71. The predicted octanol–water partition coefficient (Wildman–Crippen LogP) is 2.99. The van der Waals surface area contributed by atoms with Gasteiger partial charge in [0.25, 0.3) is 0 Å². The maximum Gasteiger partial charge on any atom is 0.316 e. The number of benzene rings is 1. The molecule has 0 heterocycles. The fraction of sp³-hybridized carbons (Fsp3) is 0.429. The van der Waals surface area contributed by atoms with Crippen molar-refractivity contribution in [1.82, 2.24) is 0 Å². The van der Waals surface area contributed by atoms with Crippen LogP contribution >= 0.6 is 0 Å². The fourth-order valence-electron chi connectivity index (χ4n) is 1.70. The van der Waals surface area contributed by atoms with Crippen LogP contribution in [0.25, 0.3) is 0 Å². The molecular formula is C14H17FO3. The lowest BCUT2D eigenvalue weighted by Gasteiger charge is -2.13. The van der Waals surface area contributed by atoms with Gasteiger partial charge in [-0.05, 0) is 37.6 Å². The summed E-state index contributed by atoms with van der Waals surface area (Å²) in [6.45, 7) is 3.84. The molecule has 1 aromatic carbocycles. The minimum Gasteiger partial charge on any atom is -0.465 e. The molecule has 1 unspecified atom stereocenters. The fourth-order valence-corrected chi connectivity index (χ4v) is 1.70. The molecule has 98 valence electrons. The van der Waals surface area contributed by atoms with Gasteiger partial charge in [0.1, 0.15) is 11.7 Å². The molecule has 1 atom stereocenters. The lowest BCUT2D eigenvalue weighted by molar-refractivity contribution is -0.146. The van der Waals surface area contributed by atoms with E-state index in [9.17, 15) is 14.0 Å². The Morgan fingerprint density at radius 3 is 2.33 bits per heavy atom. The van der Waals surface area contributed by atoms with Crippen molar-refractivity contribution in [2.24, 2.45) is 5.92 Å². The monoisotopic (exact) mass is 252 g/mol. The minimum absolute atomic E-state index is 0.246. The zero-order valence-electron chi connectivity index (χ0n) is 10.6. The Bertz CT molecular complexity index is 412. The first-order chi connectivity index (χ1) is 8.60. The number of Topliss-reactive ketones (excluding diaryl/α,β-unsaturated/α-hetero) is 1. The van der Waals surface area contributed by atoms with Gasteiger partial charge in [0.2, 0.25) is 0 Å². The van der Waals surface area contributed by atoms with E-state index < -0.39 is 17.7 Å². The van der Waals surface area contributed by atoms with Crippen molar-refractivity contribution in [2.45, 2.75) is 26.7 Å². The average Bonchev–Trinajstić information content (AvgIpc) is 2.36. The zero-order chi connectivity index (χ0) is 13.5. The summed E-state index contributed by atoms with van der Waals surface area (Å²) in [7, 11) is 0. The summed E-state index contributed by atoms with van der Waals surface area (Å²) in [5.74, 6) is -2.01. The summed E-state index contributed by atoms with van der Waals surface area (Å²) >= 11 is 0. The number of halogens is 1. The topological polar surface area (TPSA) is 43.4 Å². The van der Waals surface area contributed by atoms with Crippen molar-refractivity contribution in [3.8, 4) is 0 Å². The van der Waals surface area contributed by atoms with Crippen LogP contribution in [-0.2, 0) is 9.53 Å². The van der Waals surface area contributed by atoms with E-state index in [0.717, 1.165) is 0 Å². The number of esters is 1. The van der Waals surface area contributed by atoms with Crippen molar-refractivity contribution in [3.05, 3.63) is 35.6 Å². The third-order valence-corrected chi connectivity index (χ3v) is 2.59. The highest BCUT2D eigenvalue weighted by Crippen LogP contribution is 2.16. The Morgan fingerprint density at radius 1 is 1.22 bits per heavy atom. The van der Waals surface area contributed by atoms with Crippen molar-refractivity contribution in [1.29, 1.82) is 0 Å². The van der Waals surface area contributed by atoms with Crippen LogP contribution in [0.5, 0.6) is 0 Å². The second-order valence-electron chi connectivity index (χ2n) is 3.96. The molecule has 1 aromatic rings. The van der Waals surface area contributed by atoms with Crippen LogP contribution in [0.2, 0.25) is 0 Å². The Balaban J connectivity index is 2.88. The number of ether oxygens (including phenoxy) is 1. The standard InChI is InChI=1S/C14H17FO3/c1-3-5-12(14(17)18-4-2)13(16)10-6-8-11(15)9-7-10/h6-9,12H,3-5H2,1-2H3. The first-order valence-corrected chi connectivity index (χ1v) is 6.06. The van der Waals surface area contributed by atoms with Gasteiger partial charge in [-0.2, -0.15) is 0 Å². The van der Waals surface area contributed by atoms with Crippen LogP contribution < -0.4 is 0 Å². The third kappa shape index (κ3) is 3.65. The number of hydrogen-bond donors (Lipinski definition) is 0. The lowest BCUT2D eigenvalue weighted by Crippen LogP contribution is -2.26.